The molecule has 1 amide bonds. The van der Waals surface area contributed by atoms with Gasteiger partial charge in [-0.05, 0) is 28.8 Å². The largest absolute Gasteiger partial charge is 0.335 e. The van der Waals surface area contributed by atoms with E-state index in [1.54, 1.807) is 13.1 Å². The minimum absolute atomic E-state index is 0.137. The Hall–Kier alpha value is -0.840. The standard InChI is InChI=1S/C9H12BrN3O/c1-6(14)13-4-2-3-8(13)7-5-11-9(10)12-7/h5,8H,2-4H2,1H3,(H,11,12). The van der Waals surface area contributed by atoms with Gasteiger partial charge in [-0.15, -0.1) is 0 Å². The number of carbonyl (C=O) groups excluding carboxylic acids is 1. The van der Waals surface area contributed by atoms with Crippen LogP contribution in [0.25, 0.3) is 0 Å². The number of aromatic nitrogens is 2. The summed E-state index contributed by atoms with van der Waals surface area (Å²) in [6.07, 6.45) is 3.88. The Morgan fingerprint density at radius 1 is 1.79 bits per heavy atom. The number of halogens is 1. The minimum Gasteiger partial charge on any atom is -0.335 e. The highest BCUT2D eigenvalue weighted by Gasteiger charge is 2.28. The second-order valence-corrected chi connectivity index (χ2v) is 4.25. The van der Waals surface area contributed by atoms with Crippen LogP contribution in [0.3, 0.4) is 0 Å². The first-order chi connectivity index (χ1) is 6.68. The SMILES string of the molecule is CC(=O)N1CCCC1c1cnc(Br)[nH]1. The van der Waals surface area contributed by atoms with Crippen molar-refractivity contribution >= 4 is 21.8 Å². The fourth-order valence-corrected chi connectivity index (χ4v) is 2.28. The molecule has 1 saturated heterocycles. The molecule has 1 atom stereocenters. The highest BCUT2D eigenvalue weighted by molar-refractivity contribution is 9.10. The van der Waals surface area contributed by atoms with E-state index >= 15 is 0 Å². The number of hydrogen-bond donors (Lipinski definition) is 1. The molecule has 2 rings (SSSR count). The molecule has 0 saturated carbocycles. The Morgan fingerprint density at radius 2 is 2.57 bits per heavy atom. The summed E-state index contributed by atoms with van der Waals surface area (Å²) in [5.74, 6) is 0.137. The molecule has 76 valence electrons. The summed E-state index contributed by atoms with van der Waals surface area (Å²) in [6, 6.07) is 0.186. The second kappa shape index (κ2) is 3.73. The summed E-state index contributed by atoms with van der Waals surface area (Å²) in [5, 5.41) is 0. The molecule has 0 radical (unpaired) electrons. The molecule has 0 bridgehead atoms. The maximum atomic E-state index is 11.3. The van der Waals surface area contributed by atoms with E-state index < -0.39 is 0 Å². The van der Waals surface area contributed by atoms with E-state index in [0.717, 1.165) is 29.8 Å². The van der Waals surface area contributed by atoms with Gasteiger partial charge >= 0.3 is 0 Å². The van der Waals surface area contributed by atoms with E-state index in [4.69, 9.17) is 0 Å². The third-order valence-electron chi connectivity index (χ3n) is 2.58. The highest BCUT2D eigenvalue weighted by atomic mass is 79.9. The van der Waals surface area contributed by atoms with Crippen LogP contribution in [0.2, 0.25) is 0 Å². The molecule has 0 spiro atoms. The molecular formula is C9H12BrN3O. The van der Waals surface area contributed by atoms with Crippen LogP contribution < -0.4 is 0 Å². The lowest BCUT2D eigenvalue weighted by Crippen LogP contribution is -2.28. The first-order valence-corrected chi connectivity index (χ1v) is 5.45. The normalized spacial score (nSPS) is 21.6. The van der Waals surface area contributed by atoms with Crippen LogP contribution in [-0.2, 0) is 4.79 Å². The maximum absolute atomic E-state index is 11.3. The number of hydrogen-bond acceptors (Lipinski definition) is 2. The van der Waals surface area contributed by atoms with Crippen LogP contribution in [0.15, 0.2) is 10.9 Å². The van der Waals surface area contributed by atoms with Gasteiger partial charge in [0, 0.05) is 13.5 Å². The first-order valence-electron chi connectivity index (χ1n) is 4.66. The number of H-pyrrole nitrogens is 1. The summed E-state index contributed by atoms with van der Waals surface area (Å²) >= 11 is 3.27. The lowest BCUT2D eigenvalue weighted by molar-refractivity contribution is -0.129. The number of amides is 1. The third kappa shape index (κ3) is 1.68. The van der Waals surface area contributed by atoms with Crippen molar-refractivity contribution in [3.05, 3.63) is 16.6 Å². The van der Waals surface area contributed by atoms with E-state index in [1.807, 2.05) is 4.90 Å². The Morgan fingerprint density at radius 3 is 3.14 bits per heavy atom. The summed E-state index contributed by atoms with van der Waals surface area (Å²) in [5.41, 5.74) is 1.02. The molecule has 1 aliphatic heterocycles. The number of imidazole rings is 1. The van der Waals surface area contributed by atoms with Gasteiger partial charge in [-0.1, -0.05) is 0 Å². The summed E-state index contributed by atoms with van der Waals surface area (Å²) < 4.78 is 0.725. The van der Waals surface area contributed by atoms with E-state index in [0.29, 0.717) is 0 Å². The molecule has 14 heavy (non-hydrogen) atoms. The van der Waals surface area contributed by atoms with Gasteiger partial charge in [0.25, 0.3) is 0 Å². The number of likely N-dealkylation sites (tertiary alicyclic amines) is 1. The average molecular weight is 258 g/mol. The Kier molecular flexibility index (Phi) is 2.58. The zero-order valence-corrected chi connectivity index (χ0v) is 9.54. The molecule has 5 heteroatoms. The van der Waals surface area contributed by atoms with Gasteiger partial charge in [0.2, 0.25) is 5.91 Å². The van der Waals surface area contributed by atoms with Crippen LogP contribution in [0.1, 0.15) is 31.5 Å². The van der Waals surface area contributed by atoms with Gasteiger partial charge in [0.15, 0.2) is 4.73 Å². The number of nitrogens with zero attached hydrogens (tertiary/aromatic N) is 2. The number of rotatable bonds is 1. The lowest BCUT2D eigenvalue weighted by atomic mass is 10.1. The van der Waals surface area contributed by atoms with Gasteiger partial charge in [-0.3, -0.25) is 4.79 Å². The summed E-state index contributed by atoms with van der Waals surface area (Å²) in [7, 11) is 0. The Balaban J connectivity index is 2.21. The van der Waals surface area contributed by atoms with Crippen molar-refractivity contribution < 1.29 is 4.79 Å². The molecule has 2 heterocycles. The molecule has 1 aliphatic rings. The van der Waals surface area contributed by atoms with Gasteiger partial charge in [-0.25, -0.2) is 4.98 Å². The van der Waals surface area contributed by atoms with E-state index in [2.05, 4.69) is 25.9 Å². The molecular weight excluding hydrogens is 246 g/mol. The number of nitrogens with one attached hydrogen (secondary N) is 1. The Bertz CT molecular complexity index is 350. The van der Waals surface area contributed by atoms with E-state index in [9.17, 15) is 4.79 Å². The summed E-state index contributed by atoms with van der Waals surface area (Å²) in [6.45, 7) is 2.47. The number of aromatic amines is 1. The molecule has 1 fully saturated rings. The van der Waals surface area contributed by atoms with Gasteiger partial charge < -0.3 is 9.88 Å². The summed E-state index contributed by atoms with van der Waals surface area (Å²) in [4.78, 5) is 20.4. The van der Waals surface area contributed by atoms with Crippen LogP contribution in [0.5, 0.6) is 0 Å². The highest BCUT2D eigenvalue weighted by Crippen LogP contribution is 2.31. The van der Waals surface area contributed by atoms with E-state index in [1.165, 1.54) is 0 Å². The van der Waals surface area contributed by atoms with Crippen LogP contribution in [0, 0.1) is 0 Å². The first kappa shape index (κ1) is 9.71. The fourth-order valence-electron chi connectivity index (χ4n) is 1.95. The second-order valence-electron chi connectivity index (χ2n) is 3.50. The van der Waals surface area contributed by atoms with Gasteiger partial charge in [0.05, 0.1) is 17.9 Å². The zero-order valence-electron chi connectivity index (χ0n) is 7.96. The van der Waals surface area contributed by atoms with Crippen LogP contribution >= 0.6 is 15.9 Å². The molecule has 4 nitrogen and oxygen atoms in total. The predicted molar refractivity (Wildman–Crippen MR) is 55.6 cm³/mol. The minimum atomic E-state index is 0.137. The molecule has 1 aromatic heterocycles. The van der Waals surface area contributed by atoms with Gasteiger partial charge in [0.1, 0.15) is 0 Å². The lowest BCUT2D eigenvalue weighted by Gasteiger charge is -2.21. The maximum Gasteiger partial charge on any atom is 0.220 e. The van der Waals surface area contributed by atoms with Crippen molar-refractivity contribution in [2.75, 3.05) is 6.54 Å². The topological polar surface area (TPSA) is 49.0 Å². The predicted octanol–water partition coefficient (Wildman–Crippen LogP) is 1.86. The van der Waals surface area contributed by atoms with Crippen molar-refractivity contribution in [2.24, 2.45) is 0 Å². The molecule has 1 unspecified atom stereocenters. The van der Waals surface area contributed by atoms with Crippen molar-refractivity contribution in [3.8, 4) is 0 Å². The quantitative estimate of drug-likeness (QED) is 0.835. The van der Waals surface area contributed by atoms with Gasteiger partial charge in [-0.2, -0.15) is 0 Å². The molecule has 1 aromatic rings. The molecule has 0 aliphatic carbocycles. The zero-order chi connectivity index (χ0) is 10.1. The van der Waals surface area contributed by atoms with Crippen molar-refractivity contribution in [2.45, 2.75) is 25.8 Å². The average Bonchev–Trinajstić information content (AvgIpc) is 2.70. The monoisotopic (exact) mass is 257 g/mol. The van der Waals surface area contributed by atoms with E-state index in [-0.39, 0.29) is 11.9 Å². The van der Waals surface area contributed by atoms with Crippen molar-refractivity contribution in [1.29, 1.82) is 0 Å². The third-order valence-corrected chi connectivity index (χ3v) is 2.98. The van der Waals surface area contributed by atoms with Crippen molar-refractivity contribution in [3.63, 3.8) is 0 Å². The number of carbonyl (C=O) groups is 1. The smallest absolute Gasteiger partial charge is 0.220 e. The van der Waals surface area contributed by atoms with Crippen LogP contribution in [-0.4, -0.2) is 27.3 Å². The van der Waals surface area contributed by atoms with Crippen LogP contribution in [0.4, 0.5) is 0 Å². The fraction of sp³-hybridized carbons (Fsp3) is 0.556. The Labute approximate surface area is 90.8 Å². The molecule has 1 N–H and O–H groups in total. The van der Waals surface area contributed by atoms with Crippen molar-refractivity contribution in [1.82, 2.24) is 14.9 Å². The molecule has 0 aromatic carbocycles.